The van der Waals surface area contributed by atoms with E-state index in [9.17, 15) is 5.11 Å². The van der Waals surface area contributed by atoms with E-state index in [1.807, 2.05) is 20.9 Å². The zero-order valence-corrected chi connectivity index (χ0v) is 15.3. The highest BCUT2D eigenvalue weighted by molar-refractivity contribution is 6.56. The van der Waals surface area contributed by atoms with Gasteiger partial charge < -0.3 is 19.7 Å². The highest BCUT2D eigenvalue weighted by atomic mass is 16.7. The minimum atomic E-state index is -0.375. The third kappa shape index (κ3) is 3.62. The Hall–Kier alpha value is -1.30. The van der Waals surface area contributed by atoms with Crippen molar-refractivity contribution in [1.29, 1.82) is 0 Å². The van der Waals surface area contributed by atoms with Crippen molar-refractivity contribution < 1.29 is 14.4 Å². The van der Waals surface area contributed by atoms with Crippen LogP contribution in [0.4, 0.5) is 0 Å². The van der Waals surface area contributed by atoms with E-state index in [0.717, 1.165) is 22.2 Å². The second kappa shape index (κ2) is 6.31. The van der Waals surface area contributed by atoms with Crippen molar-refractivity contribution in [3.05, 3.63) is 34.3 Å². The Balaban J connectivity index is 2.41. The molecular weight excluding hydrogens is 289 g/mol. The van der Waals surface area contributed by atoms with Gasteiger partial charge in [0.1, 0.15) is 5.75 Å². The van der Waals surface area contributed by atoms with E-state index in [1.54, 1.807) is 12.1 Å². The first kappa shape index (κ1) is 18.0. The molecule has 1 fully saturated rings. The van der Waals surface area contributed by atoms with Crippen molar-refractivity contribution in [1.82, 2.24) is 5.32 Å². The van der Waals surface area contributed by atoms with Gasteiger partial charge in [-0.15, -0.1) is 0 Å². The third-order valence-corrected chi connectivity index (χ3v) is 4.85. The molecule has 0 bridgehead atoms. The summed E-state index contributed by atoms with van der Waals surface area (Å²) in [5.41, 5.74) is 3.50. The summed E-state index contributed by atoms with van der Waals surface area (Å²) >= 11 is 0. The van der Waals surface area contributed by atoms with Gasteiger partial charge in [0.15, 0.2) is 0 Å². The van der Waals surface area contributed by atoms with Crippen molar-refractivity contribution in [2.45, 2.75) is 52.7 Å². The molecule has 2 N–H and O–H groups in total. The lowest BCUT2D eigenvalue weighted by atomic mass is 9.76. The Morgan fingerprint density at radius 3 is 2.04 bits per heavy atom. The Morgan fingerprint density at radius 1 is 1.13 bits per heavy atom. The van der Waals surface area contributed by atoms with E-state index in [-0.39, 0.29) is 18.3 Å². The van der Waals surface area contributed by atoms with Gasteiger partial charge in [-0.05, 0) is 82.9 Å². The molecule has 0 saturated carbocycles. The van der Waals surface area contributed by atoms with E-state index in [0.29, 0.717) is 12.3 Å². The largest absolute Gasteiger partial charge is 0.508 e. The normalized spacial score (nSPS) is 20.1. The summed E-state index contributed by atoms with van der Waals surface area (Å²) in [5.74, 6) is 0.294. The molecule has 0 spiro atoms. The minimum Gasteiger partial charge on any atom is -0.508 e. The number of hydrogen-bond donors (Lipinski definition) is 2. The Labute approximate surface area is 140 Å². The van der Waals surface area contributed by atoms with Crippen molar-refractivity contribution in [3.63, 3.8) is 0 Å². The van der Waals surface area contributed by atoms with E-state index >= 15 is 0 Å². The highest BCUT2D eigenvalue weighted by Crippen LogP contribution is 2.39. The Morgan fingerprint density at radius 2 is 1.61 bits per heavy atom. The van der Waals surface area contributed by atoms with Crippen LogP contribution >= 0.6 is 0 Å². The monoisotopic (exact) mass is 317 g/mol. The lowest BCUT2D eigenvalue weighted by Gasteiger charge is -2.32. The molecule has 0 unspecified atom stereocenters. The SMILES string of the molecule is CNCC(=Cc1c(C)cc(O)cc1C)B1OC(C)(C)C(C)(C)O1. The minimum absolute atomic E-state index is 0.294. The zero-order chi connectivity index (χ0) is 17.4. The van der Waals surface area contributed by atoms with Gasteiger partial charge in [-0.2, -0.15) is 0 Å². The van der Waals surface area contributed by atoms with Crippen LogP contribution < -0.4 is 5.32 Å². The van der Waals surface area contributed by atoms with Crippen LogP contribution in [0.1, 0.15) is 44.4 Å². The second-order valence-corrected chi connectivity index (χ2v) is 7.33. The number of aryl methyl sites for hydroxylation is 2. The maximum absolute atomic E-state index is 9.72. The number of benzene rings is 1. The van der Waals surface area contributed by atoms with Crippen LogP contribution in [0.3, 0.4) is 0 Å². The smallest absolute Gasteiger partial charge is 0.491 e. The Kier molecular flexibility index (Phi) is 4.95. The summed E-state index contributed by atoms with van der Waals surface area (Å²) in [6.45, 7) is 12.9. The van der Waals surface area contributed by atoms with E-state index in [4.69, 9.17) is 9.31 Å². The molecule has 1 heterocycles. The number of phenolic OH excluding ortho intramolecular Hbond substituents is 1. The molecule has 2 rings (SSSR count). The fourth-order valence-corrected chi connectivity index (χ4v) is 2.77. The average molecular weight is 317 g/mol. The summed E-state index contributed by atoms with van der Waals surface area (Å²) < 4.78 is 12.3. The molecular formula is C18H28BNO3. The molecule has 1 aliphatic rings. The van der Waals surface area contributed by atoms with E-state index < -0.39 is 0 Å². The molecule has 1 aromatic carbocycles. The number of nitrogens with one attached hydrogen (secondary N) is 1. The molecule has 0 aliphatic carbocycles. The molecule has 4 nitrogen and oxygen atoms in total. The number of phenols is 1. The molecule has 0 atom stereocenters. The third-order valence-electron chi connectivity index (χ3n) is 4.85. The van der Waals surface area contributed by atoms with Gasteiger partial charge in [-0.3, -0.25) is 0 Å². The topological polar surface area (TPSA) is 50.7 Å². The zero-order valence-electron chi connectivity index (χ0n) is 15.3. The predicted octanol–water partition coefficient (Wildman–Crippen LogP) is 3.24. The summed E-state index contributed by atoms with van der Waals surface area (Å²) in [7, 11) is 1.54. The lowest BCUT2D eigenvalue weighted by Crippen LogP contribution is -2.41. The van der Waals surface area contributed by atoms with Gasteiger partial charge in [0.2, 0.25) is 0 Å². The van der Waals surface area contributed by atoms with Crippen LogP contribution in [0.2, 0.25) is 0 Å². The molecule has 1 aliphatic heterocycles. The second-order valence-electron chi connectivity index (χ2n) is 7.33. The molecule has 23 heavy (non-hydrogen) atoms. The summed E-state index contributed by atoms with van der Waals surface area (Å²) in [4.78, 5) is 0. The van der Waals surface area contributed by atoms with Gasteiger partial charge in [0.05, 0.1) is 11.2 Å². The van der Waals surface area contributed by atoms with Crippen LogP contribution in [0.25, 0.3) is 6.08 Å². The number of hydrogen-bond acceptors (Lipinski definition) is 4. The van der Waals surface area contributed by atoms with E-state index in [2.05, 4.69) is 39.1 Å². The number of aromatic hydroxyl groups is 1. The molecule has 0 aromatic heterocycles. The van der Waals surface area contributed by atoms with Crippen molar-refractivity contribution in [2.75, 3.05) is 13.6 Å². The molecule has 5 heteroatoms. The number of likely N-dealkylation sites (N-methyl/N-ethyl adjacent to an activating group) is 1. The average Bonchev–Trinajstić information content (AvgIpc) is 2.61. The first-order chi connectivity index (χ1) is 10.6. The summed E-state index contributed by atoms with van der Waals surface area (Å²) in [6.07, 6.45) is 2.11. The van der Waals surface area contributed by atoms with Crippen LogP contribution in [0.5, 0.6) is 5.75 Å². The quantitative estimate of drug-likeness (QED) is 0.837. The molecule has 1 saturated heterocycles. The van der Waals surface area contributed by atoms with Crippen LogP contribution in [0, 0.1) is 13.8 Å². The molecule has 0 amide bonds. The van der Waals surface area contributed by atoms with Crippen LogP contribution in [-0.4, -0.2) is 37.0 Å². The van der Waals surface area contributed by atoms with Crippen molar-refractivity contribution >= 4 is 13.2 Å². The molecule has 126 valence electrons. The maximum Gasteiger partial charge on any atom is 0.491 e. The molecule has 1 aromatic rings. The van der Waals surface area contributed by atoms with Gasteiger partial charge in [-0.25, -0.2) is 0 Å². The fraction of sp³-hybridized carbons (Fsp3) is 0.556. The summed E-state index contributed by atoms with van der Waals surface area (Å²) in [5, 5.41) is 12.9. The maximum atomic E-state index is 9.72. The van der Waals surface area contributed by atoms with Crippen molar-refractivity contribution in [3.8, 4) is 5.75 Å². The highest BCUT2D eigenvalue weighted by Gasteiger charge is 2.52. The summed E-state index contributed by atoms with van der Waals surface area (Å²) in [6, 6.07) is 3.56. The number of rotatable bonds is 4. The predicted molar refractivity (Wildman–Crippen MR) is 95.6 cm³/mol. The lowest BCUT2D eigenvalue weighted by molar-refractivity contribution is 0.00578. The standard InChI is InChI=1S/C18H28BNO3/c1-12-8-15(21)9-13(2)16(12)10-14(11-20-7)19-22-17(3,4)18(5,6)23-19/h8-10,20-21H,11H2,1-7H3. The van der Waals surface area contributed by atoms with Gasteiger partial charge >= 0.3 is 7.12 Å². The first-order valence-corrected chi connectivity index (χ1v) is 8.08. The molecule has 0 radical (unpaired) electrons. The van der Waals surface area contributed by atoms with Gasteiger partial charge in [0.25, 0.3) is 0 Å². The van der Waals surface area contributed by atoms with Crippen LogP contribution in [0.15, 0.2) is 17.6 Å². The first-order valence-electron chi connectivity index (χ1n) is 8.08. The van der Waals surface area contributed by atoms with Gasteiger partial charge in [-0.1, -0.05) is 6.08 Å². The van der Waals surface area contributed by atoms with Gasteiger partial charge in [0, 0.05) is 6.54 Å². The van der Waals surface area contributed by atoms with Crippen molar-refractivity contribution in [2.24, 2.45) is 0 Å². The fourth-order valence-electron chi connectivity index (χ4n) is 2.77. The van der Waals surface area contributed by atoms with Crippen LogP contribution in [-0.2, 0) is 9.31 Å². The van der Waals surface area contributed by atoms with E-state index in [1.165, 1.54) is 0 Å². The Bertz CT molecular complexity index is 584.